The Balaban J connectivity index is 0.000000366. The number of pyridine rings is 1. The van der Waals surface area contributed by atoms with Gasteiger partial charge in [-0.3, -0.25) is 14.7 Å². The van der Waals surface area contributed by atoms with Crippen LogP contribution in [0.2, 0.25) is 0 Å². The van der Waals surface area contributed by atoms with E-state index in [1.54, 1.807) is 19.5 Å². The Labute approximate surface area is 179 Å². The van der Waals surface area contributed by atoms with Crippen LogP contribution in [0, 0.1) is 6.92 Å². The Kier molecular flexibility index (Phi) is 8.40. The van der Waals surface area contributed by atoms with E-state index >= 15 is 0 Å². The van der Waals surface area contributed by atoms with Crippen LogP contribution in [0.25, 0.3) is 11.3 Å². The summed E-state index contributed by atoms with van der Waals surface area (Å²) in [4.78, 5) is 20.5. The standard InChI is InChI=1S/C17H24N4O2.C3H4F3NO/c1-12-15(13-9-14(22-4)11-19-10-13)23-16(20-12)17(2,3)21-7-5-18-6-8-21;4-3(5,6)1-7-2-8/h9-11,18H,5-8H2,1-4H3;2H,1H2,(H,7,8). The molecule has 0 radical (unpaired) electrons. The molecule has 8 nitrogen and oxygen atoms in total. The Hall–Kier alpha value is -2.66. The topological polar surface area (TPSA) is 92.5 Å². The van der Waals surface area contributed by atoms with Gasteiger partial charge in [0.2, 0.25) is 12.3 Å². The van der Waals surface area contributed by atoms with E-state index < -0.39 is 12.7 Å². The number of oxazole rings is 1. The number of piperazine rings is 1. The summed E-state index contributed by atoms with van der Waals surface area (Å²) in [6.07, 6.45) is -0.827. The molecule has 0 spiro atoms. The molecule has 0 saturated carbocycles. The van der Waals surface area contributed by atoms with Crippen molar-refractivity contribution in [2.75, 3.05) is 39.8 Å². The fourth-order valence-corrected chi connectivity index (χ4v) is 3.10. The third-order valence-electron chi connectivity index (χ3n) is 4.82. The van der Waals surface area contributed by atoms with Crippen molar-refractivity contribution in [3.05, 3.63) is 30.0 Å². The number of rotatable bonds is 6. The van der Waals surface area contributed by atoms with Crippen molar-refractivity contribution in [3.8, 4) is 17.1 Å². The number of ether oxygens (including phenoxy) is 1. The van der Waals surface area contributed by atoms with Crippen LogP contribution in [-0.4, -0.2) is 67.3 Å². The Bertz CT molecular complexity index is 849. The third kappa shape index (κ3) is 6.93. The number of alkyl halides is 3. The van der Waals surface area contributed by atoms with Crippen LogP contribution in [0.5, 0.6) is 5.75 Å². The molecule has 2 N–H and O–H groups in total. The lowest BCUT2D eigenvalue weighted by Gasteiger charge is -2.38. The van der Waals surface area contributed by atoms with Crippen molar-refractivity contribution >= 4 is 6.41 Å². The molecular weight excluding hydrogens is 415 g/mol. The van der Waals surface area contributed by atoms with E-state index in [4.69, 9.17) is 14.1 Å². The van der Waals surface area contributed by atoms with Crippen LogP contribution in [0.15, 0.2) is 22.9 Å². The smallest absolute Gasteiger partial charge is 0.405 e. The molecule has 31 heavy (non-hydrogen) atoms. The molecule has 0 aromatic carbocycles. The average molecular weight is 443 g/mol. The SMILES string of the molecule is COc1cncc(-c2oc(C(C)(C)N3CCNCC3)nc2C)c1.O=CNCC(F)(F)F. The van der Waals surface area contributed by atoms with Gasteiger partial charge in [-0.05, 0) is 26.8 Å². The summed E-state index contributed by atoms with van der Waals surface area (Å²) >= 11 is 0. The molecule has 2 aromatic rings. The quantitative estimate of drug-likeness (QED) is 0.663. The molecule has 1 amide bonds. The predicted octanol–water partition coefficient (Wildman–Crippen LogP) is 2.49. The van der Waals surface area contributed by atoms with Gasteiger partial charge in [0.1, 0.15) is 12.3 Å². The maximum Gasteiger partial charge on any atom is 0.405 e. The molecule has 0 unspecified atom stereocenters. The van der Waals surface area contributed by atoms with Crippen molar-refractivity contribution in [2.45, 2.75) is 32.5 Å². The van der Waals surface area contributed by atoms with Crippen molar-refractivity contribution in [3.63, 3.8) is 0 Å². The minimum absolute atomic E-state index is 0.00743. The van der Waals surface area contributed by atoms with Crippen LogP contribution in [0.4, 0.5) is 13.2 Å². The third-order valence-corrected chi connectivity index (χ3v) is 4.82. The molecule has 1 saturated heterocycles. The Morgan fingerprint density at radius 1 is 1.29 bits per heavy atom. The molecule has 0 aliphatic carbocycles. The fourth-order valence-electron chi connectivity index (χ4n) is 3.10. The first-order valence-electron chi connectivity index (χ1n) is 9.75. The van der Waals surface area contributed by atoms with Crippen LogP contribution >= 0.6 is 0 Å². The average Bonchev–Trinajstić information content (AvgIpc) is 3.15. The monoisotopic (exact) mass is 443 g/mol. The lowest BCUT2D eigenvalue weighted by Crippen LogP contribution is -2.51. The van der Waals surface area contributed by atoms with Gasteiger partial charge >= 0.3 is 6.18 Å². The normalized spacial score (nSPS) is 15.1. The van der Waals surface area contributed by atoms with E-state index in [-0.39, 0.29) is 11.9 Å². The number of aromatic nitrogens is 2. The lowest BCUT2D eigenvalue weighted by atomic mass is 10.0. The largest absolute Gasteiger partial charge is 0.495 e. The van der Waals surface area contributed by atoms with Crippen molar-refractivity contribution in [1.29, 1.82) is 0 Å². The molecule has 0 bridgehead atoms. The fraction of sp³-hybridized carbons (Fsp3) is 0.550. The summed E-state index contributed by atoms with van der Waals surface area (Å²) in [6, 6.07) is 1.92. The number of methoxy groups -OCH3 is 1. The van der Waals surface area contributed by atoms with E-state index in [9.17, 15) is 18.0 Å². The number of hydrogen-bond donors (Lipinski definition) is 2. The highest BCUT2D eigenvalue weighted by Crippen LogP contribution is 2.33. The molecule has 0 atom stereocenters. The molecule has 172 valence electrons. The minimum atomic E-state index is -4.29. The maximum atomic E-state index is 11.0. The first-order chi connectivity index (χ1) is 14.6. The number of carbonyl (C=O) groups excluding carboxylic acids is 1. The summed E-state index contributed by atoms with van der Waals surface area (Å²) in [5.41, 5.74) is 1.52. The summed E-state index contributed by atoms with van der Waals surface area (Å²) in [6.45, 7) is 9.01. The summed E-state index contributed by atoms with van der Waals surface area (Å²) in [7, 11) is 1.63. The molecule has 1 aliphatic rings. The number of hydrogen-bond acceptors (Lipinski definition) is 7. The predicted molar refractivity (Wildman–Crippen MR) is 109 cm³/mol. The zero-order valence-corrected chi connectivity index (χ0v) is 18.0. The van der Waals surface area contributed by atoms with E-state index in [1.807, 2.05) is 13.0 Å². The van der Waals surface area contributed by atoms with Crippen LogP contribution in [0.1, 0.15) is 25.4 Å². The number of carbonyl (C=O) groups is 1. The molecule has 2 aromatic heterocycles. The van der Waals surface area contributed by atoms with Gasteiger partial charge in [0, 0.05) is 37.9 Å². The highest BCUT2D eigenvalue weighted by atomic mass is 19.4. The van der Waals surface area contributed by atoms with E-state index in [2.05, 4.69) is 29.0 Å². The zero-order valence-electron chi connectivity index (χ0n) is 18.0. The van der Waals surface area contributed by atoms with E-state index in [1.165, 1.54) is 5.32 Å². The van der Waals surface area contributed by atoms with Gasteiger partial charge in [0.05, 0.1) is 24.5 Å². The van der Waals surface area contributed by atoms with E-state index in [0.29, 0.717) is 5.75 Å². The molecule has 1 fully saturated rings. The van der Waals surface area contributed by atoms with E-state index in [0.717, 1.165) is 49.1 Å². The summed E-state index contributed by atoms with van der Waals surface area (Å²) < 4.78 is 44.5. The molecule has 1 aliphatic heterocycles. The highest BCUT2D eigenvalue weighted by Gasteiger charge is 2.35. The van der Waals surface area contributed by atoms with Gasteiger partial charge in [-0.15, -0.1) is 0 Å². The number of nitrogens with zero attached hydrogens (tertiary/aromatic N) is 3. The van der Waals surface area contributed by atoms with Crippen molar-refractivity contribution in [2.24, 2.45) is 0 Å². The zero-order chi connectivity index (χ0) is 23.1. The maximum absolute atomic E-state index is 11.0. The second-order valence-corrected chi connectivity index (χ2v) is 7.46. The van der Waals surface area contributed by atoms with Gasteiger partial charge in [-0.2, -0.15) is 13.2 Å². The second-order valence-electron chi connectivity index (χ2n) is 7.46. The van der Waals surface area contributed by atoms with Crippen molar-refractivity contribution in [1.82, 2.24) is 25.5 Å². The molecule has 3 rings (SSSR count). The molecule has 3 heterocycles. The molecule has 11 heteroatoms. The minimum Gasteiger partial charge on any atom is -0.495 e. The number of nitrogens with one attached hydrogen (secondary N) is 2. The summed E-state index contributed by atoms with van der Waals surface area (Å²) in [5.74, 6) is 2.21. The van der Waals surface area contributed by atoms with Crippen molar-refractivity contribution < 1.29 is 27.1 Å². The first kappa shape index (κ1) is 24.6. The molecular formula is C20H28F3N5O3. The first-order valence-corrected chi connectivity index (χ1v) is 9.75. The van der Waals surface area contributed by atoms with Gasteiger partial charge in [0.15, 0.2) is 5.76 Å². The van der Waals surface area contributed by atoms with Crippen LogP contribution < -0.4 is 15.4 Å². The lowest BCUT2D eigenvalue weighted by molar-refractivity contribution is -0.132. The van der Waals surface area contributed by atoms with Crippen LogP contribution in [0.3, 0.4) is 0 Å². The Morgan fingerprint density at radius 3 is 2.52 bits per heavy atom. The summed E-state index contributed by atoms with van der Waals surface area (Å²) in [5, 5.41) is 4.86. The van der Waals surface area contributed by atoms with Gasteiger partial charge in [-0.1, -0.05) is 0 Å². The Morgan fingerprint density at radius 2 is 1.97 bits per heavy atom. The number of aryl methyl sites for hydroxylation is 1. The number of amides is 1. The van der Waals surface area contributed by atoms with Gasteiger partial charge in [-0.25, -0.2) is 4.98 Å². The van der Waals surface area contributed by atoms with Crippen LogP contribution in [-0.2, 0) is 10.3 Å². The van der Waals surface area contributed by atoms with Gasteiger partial charge in [0.25, 0.3) is 0 Å². The number of halogens is 3. The van der Waals surface area contributed by atoms with Gasteiger partial charge < -0.3 is 19.8 Å². The highest BCUT2D eigenvalue weighted by molar-refractivity contribution is 5.60. The second kappa shape index (κ2) is 10.6.